The second-order valence-corrected chi connectivity index (χ2v) is 24.4. The van der Waals surface area contributed by atoms with Gasteiger partial charge in [0.05, 0.1) is 0 Å². The third-order valence-corrected chi connectivity index (χ3v) is 11.5. The van der Waals surface area contributed by atoms with Crippen molar-refractivity contribution in [3.63, 3.8) is 0 Å². The molecule has 4 rings (SSSR count). The second-order valence-electron chi connectivity index (χ2n) is 24.4. The molecule has 4 saturated carbocycles. The van der Waals surface area contributed by atoms with Gasteiger partial charge in [-0.15, -0.1) is 0 Å². The van der Waals surface area contributed by atoms with Gasteiger partial charge in [0, 0.05) is 22.4 Å². The lowest BCUT2D eigenvalue weighted by Gasteiger charge is -2.36. The van der Waals surface area contributed by atoms with E-state index in [0.717, 1.165) is 37.0 Å². The minimum atomic E-state index is -3.98. The Morgan fingerprint density at radius 2 is 0.746 bits per heavy atom. The monoisotopic (exact) mass is 1040 g/mol. The lowest BCUT2D eigenvalue weighted by molar-refractivity contribution is -0.144. The fourth-order valence-electron chi connectivity index (χ4n) is 6.21. The van der Waals surface area contributed by atoms with Crippen molar-refractivity contribution in [2.24, 2.45) is 57.6 Å². The van der Waals surface area contributed by atoms with Crippen molar-refractivity contribution in [2.45, 2.75) is 366 Å². The fourth-order valence-corrected chi connectivity index (χ4v) is 6.21. The van der Waals surface area contributed by atoms with Crippen molar-refractivity contribution in [2.75, 3.05) is 0 Å². The van der Waals surface area contributed by atoms with E-state index >= 15 is 0 Å². The molecule has 0 radical (unpaired) electrons. The van der Waals surface area contributed by atoms with E-state index in [9.17, 15) is 26.3 Å². The minimum Gasteiger partial charge on any atom is -0.171 e. The Morgan fingerprint density at radius 3 is 0.887 bits per heavy atom. The summed E-state index contributed by atoms with van der Waals surface area (Å²) in [4.78, 5) is 0. The Labute approximate surface area is 458 Å². The maximum Gasteiger partial charge on any atom is 0.389 e. The van der Waals surface area contributed by atoms with Gasteiger partial charge in [0.2, 0.25) is 0 Å². The average molecular weight is 1040 g/mol. The van der Waals surface area contributed by atoms with Crippen molar-refractivity contribution >= 4 is 0 Å². The van der Waals surface area contributed by atoms with Crippen LogP contribution in [0.3, 0.4) is 0 Å². The molecule has 0 aromatic rings. The molecule has 71 heavy (non-hydrogen) atoms. The van der Waals surface area contributed by atoms with Gasteiger partial charge in [-0.1, -0.05) is 315 Å². The summed E-state index contributed by atoms with van der Waals surface area (Å²) >= 11 is 0. The first-order valence-corrected chi connectivity index (χ1v) is 29.3. The van der Waals surface area contributed by atoms with Crippen LogP contribution < -0.4 is 0 Å². The normalized spacial score (nSPS) is 20.2. The summed E-state index contributed by atoms with van der Waals surface area (Å²) in [5, 5.41) is 0. The van der Waals surface area contributed by atoms with E-state index in [2.05, 4.69) is 62.3 Å². The molecular weight excluding hydrogens is 895 g/mol. The molecule has 4 aliphatic carbocycles. The summed E-state index contributed by atoms with van der Waals surface area (Å²) in [5.41, 5.74) is 1.12. The standard InChI is InChI=1S/C11H20.C7H14.2C6H11F3.C6H12.C6H14.2C5H12.2C4H10.C3H8.C2H6/c1-10-4-8-11(9-5-10)6-2-3-7-11;1-7-5-3-2-4-6-7;2*1-3-5(2)4-6(7,8)9;1-6-4-2-3-5-6;1-5-6(2,3)4;1-5(2,3)4;1-4-5(2)3;1-4(2)3;1-3-4-2;1-3-2;1-2/h10H,2-9H2,1H3;7H,2-6H2,1H3;2*5H,3-4H2,1-2H3;6H,2-5H2,1H3;5H2,1-4H3;1-4H3;5H,4H2,1-3H3;4H,1-3H3;3-4H2,1-2H3;3H2,1-2H3;1-2H3/t;;2*5-;;;;;;;;/m..00......../s1/i;7D;;;6D;5D2;;4D2;4D;;;. The molecule has 1 spiro atoms. The highest BCUT2D eigenvalue weighted by Crippen LogP contribution is 2.50. The predicted octanol–water partition coefficient (Wildman–Crippen LogP) is 27.0. The highest BCUT2D eigenvalue weighted by atomic mass is 19.4. The summed E-state index contributed by atoms with van der Waals surface area (Å²) in [6.07, 6.45) is 17.0. The Kier molecular flexibility index (Phi) is 55.5. The zero-order chi connectivity index (χ0) is 64.3. The van der Waals surface area contributed by atoms with E-state index in [4.69, 9.17) is 9.60 Å². The maximum atomic E-state index is 11.5. The molecule has 4 aliphatic rings. The highest BCUT2D eigenvalue weighted by molar-refractivity contribution is 4.88. The number of hydrogen-bond acceptors (Lipinski definition) is 0. The van der Waals surface area contributed by atoms with E-state index < -0.39 is 37.9 Å². The van der Waals surface area contributed by atoms with Crippen LogP contribution in [0.25, 0.3) is 0 Å². The van der Waals surface area contributed by atoms with E-state index in [0.29, 0.717) is 18.3 Å². The fraction of sp³-hybridized carbons (Fsp3) is 1.00. The van der Waals surface area contributed by atoms with Gasteiger partial charge in [-0.2, -0.15) is 26.3 Å². The second kappa shape index (κ2) is 55.8. The van der Waals surface area contributed by atoms with Gasteiger partial charge in [-0.25, -0.2) is 0 Å². The first-order chi connectivity index (χ1) is 34.7. The van der Waals surface area contributed by atoms with Crippen LogP contribution in [0.15, 0.2) is 0 Å². The molecular formula is C65H140F6. The van der Waals surface area contributed by atoms with Crippen LogP contribution in [0, 0.1) is 57.6 Å². The van der Waals surface area contributed by atoms with Crippen LogP contribution in [-0.2, 0) is 0 Å². The van der Waals surface area contributed by atoms with Crippen molar-refractivity contribution in [3.05, 3.63) is 0 Å². The quantitative estimate of drug-likeness (QED) is 0.233. The topological polar surface area (TPSA) is 0 Å². The Balaban J connectivity index is -0.000000116. The number of hydrogen-bond donors (Lipinski definition) is 0. The van der Waals surface area contributed by atoms with Crippen LogP contribution in [0.1, 0.15) is 363 Å². The smallest absolute Gasteiger partial charge is 0.171 e. The largest absolute Gasteiger partial charge is 0.389 e. The van der Waals surface area contributed by atoms with Gasteiger partial charge in [-0.05, 0) is 83.3 Å². The lowest BCUT2D eigenvalue weighted by atomic mass is 9.70. The molecule has 0 bridgehead atoms. The van der Waals surface area contributed by atoms with Gasteiger partial charge in [0.1, 0.15) is 0 Å². The molecule has 4 fully saturated rings. The van der Waals surface area contributed by atoms with Gasteiger partial charge >= 0.3 is 12.4 Å². The lowest BCUT2D eigenvalue weighted by Crippen LogP contribution is -2.23. The molecule has 0 aliphatic heterocycles. The molecule has 0 unspecified atom stereocenters. The Hall–Kier alpha value is -0.420. The highest BCUT2D eigenvalue weighted by Gasteiger charge is 2.36. The molecule has 0 aromatic heterocycles. The SMILES string of the molecule is CC.CC(C)(C)C.CC1CCC2(CCCC2)CC1.CCC.CCCC.CC[C@H](C)CC(F)(F)F.CC[C@H](C)CC(F)(F)F.[2H]C(C)(C)C.[2H]C([2H])(C)C(C)(C)C.[2H]C([2H])(C)C(C)C.[2H]C1(C)CCCC1.[2H]C1(C)CCCCC1. The first kappa shape index (κ1) is 70.6. The van der Waals surface area contributed by atoms with Crippen molar-refractivity contribution in [1.29, 1.82) is 0 Å². The number of halogens is 6. The van der Waals surface area contributed by atoms with E-state index in [1.54, 1.807) is 67.2 Å². The maximum absolute atomic E-state index is 11.5. The summed E-state index contributed by atoms with van der Waals surface area (Å²) < 4.78 is 120. The van der Waals surface area contributed by atoms with Crippen LogP contribution in [0.2, 0.25) is 0 Å². The third-order valence-electron chi connectivity index (χ3n) is 11.5. The Bertz CT molecular complexity index is 1150. The third kappa shape index (κ3) is 103. The van der Waals surface area contributed by atoms with E-state index in [-0.39, 0.29) is 40.9 Å². The summed E-state index contributed by atoms with van der Waals surface area (Å²) in [6.45, 7) is 52.8. The number of alkyl halides is 6. The first-order valence-electron chi connectivity index (χ1n) is 32.8. The molecule has 0 aromatic carbocycles. The molecule has 0 amide bonds. The van der Waals surface area contributed by atoms with Gasteiger partial charge in [0.25, 0.3) is 0 Å². The van der Waals surface area contributed by atoms with Crippen molar-refractivity contribution in [3.8, 4) is 0 Å². The number of rotatable bonds is 6. The van der Waals surface area contributed by atoms with Crippen LogP contribution in [0.5, 0.6) is 0 Å². The predicted molar refractivity (Wildman–Crippen MR) is 317 cm³/mol. The van der Waals surface area contributed by atoms with Gasteiger partial charge in [0.15, 0.2) is 0 Å². The summed E-state index contributed by atoms with van der Waals surface area (Å²) in [5.74, 6) is 0.321. The molecule has 0 saturated heterocycles. The summed E-state index contributed by atoms with van der Waals surface area (Å²) in [6, 6.07) is 0. The molecule has 442 valence electrons. The van der Waals surface area contributed by atoms with Gasteiger partial charge < -0.3 is 0 Å². The van der Waals surface area contributed by atoms with E-state index in [1.165, 1.54) is 77.0 Å². The molecule has 0 nitrogen and oxygen atoms in total. The molecule has 0 N–H and O–H groups in total. The van der Waals surface area contributed by atoms with Crippen LogP contribution in [0.4, 0.5) is 26.3 Å². The Morgan fingerprint density at radius 1 is 0.507 bits per heavy atom. The number of unbranched alkanes of at least 4 members (excludes halogenated alkanes) is 1. The van der Waals surface area contributed by atoms with Crippen molar-refractivity contribution < 1.29 is 35.9 Å². The van der Waals surface area contributed by atoms with E-state index in [1.807, 2.05) is 83.1 Å². The minimum absolute atomic E-state index is 0.0556. The average Bonchev–Trinajstić information content (AvgIpc) is 3.88. The molecule has 2 atom stereocenters. The van der Waals surface area contributed by atoms with Crippen LogP contribution >= 0.6 is 0 Å². The summed E-state index contributed by atoms with van der Waals surface area (Å²) in [7, 11) is 0. The van der Waals surface area contributed by atoms with Gasteiger partial charge in [-0.3, -0.25) is 0 Å². The zero-order valence-electron chi connectivity index (χ0n) is 60.5. The zero-order valence-corrected chi connectivity index (χ0v) is 53.5. The van der Waals surface area contributed by atoms with Crippen LogP contribution in [-0.4, -0.2) is 12.4 Å². The molecule has 0 heterocycles. The van der Waals surface area contributed by atoms with Crippen molar-refractivity contribution in [1.82, 2.24) is 0 Å². The molecule has 6 heteroatoms.